The predicted molar refractivity (Wildman–Crippen MR) is 129 cm³/mol. The summed E-state index contributed by atoms with van der Waals surface area (Å²) in [6.45, 7) is 7.49. The molecule has 170 valence electrons. The zero-order valence-electron chi connectivity index (χ0n) is 19.3. The zero-order chi connectivity index (χ0) is 23.2. The fraction of sp³-hybridized carbons (Fsp3) is 0.320. The van der Waals surface area contributed by atoms with E-state index in [9.17, 15) is 4.79 Å². The Morgan fingerprint density at radius 1 is 1.06 bits per heavy atom. The molecule has 0 saturated carbocycles. The molecule has 0 radical (unpaired) electrons. The van der Waals surface area contributed by atoms with Crippen molar-refractivity contribution in [3.63, 3.8) is 0 Å². The Morgan fingerprint density at radius 3 is 2.55 bits per heavy atom. The van der Waals surface area contributed by atoms with Crippen molar-refractivity contribution in [1.29, 1.82) is 0 Å². The summed E-state index contributed by atoms with van der Waals surface area (Å²) in [7, 11) is 0. The van der Waals surface area contributed by atoms with Crippen LogP contribution in [-0.2, 0) is 13.1 Å². The molecule has 0 atom stereocenters. The van der Waals surface area contributed by atoms with Gasteiger partial charge in [-0.3, -0.25) is 4.57 Å². The third-order valence-corrected chi connectivity index (χ3v) is 5.47. The minimum atomic E-state index is -0.0664. The average molecular weight is 444 g/mol. The molecule has 0 amide bonds. The fourth-order valence-corrected chi connectivity index (χ4v) is 3.59. The van der Waals surface area contributed by atoms with Gasteiger partial charge in [0.1, 0.15) is 0 Å². The van der Waals surface area contributed by atoms with Crippen LogP contribution in [0.15, 0.2) is 59.4 Å². The fourth-order valence-electron chi connectivity index (χ4n) is 3.59. The van der Waals surface area contributed by atoms with Gasteiger partial charge in [0.2, 0.25) is 5.82 Å². The quantitative estimate of drug-likeness (QED) is 0.413. The second-order valence-electron chi connectivity index (χ2n) is 8.46. The van der Waals surface area contributed by atoms with Crippen molar-refractivity contribution in [1.82, 2.24) is 35.0 Å². The number of aryl methyl sites for hydroxylation is 1. The summed E-state index contributed by atoms with van der Waals surface area (Å²) in [6, 6.07) is 16.3. The van der Waals surface area contributed by atoms with Gasteiger partial charge in [-0.1, -0.05) is 69.3 Å². The molecule has 0 fully saturated rings. The first-order valence-corrected chi connectivity index (χ1v) is 11.3. The first-order valence-electron chi connectivity index (χ1n) is 11.3. The second-order valence-corrected chi connectivity index (χ2v) is 8.46. The number of H-pyrrole nitrogens is 1. The molecule has 33 heavy (non-hydrogen) atoms. The monoisotopic (exact) mass is 443 g/mol. The van der Waals surface area contributed by atoms with E-state index in [2.05, 4.69) is 76.8 Å². The largest absolute Gasteiger partial charge is 0.346 e. The number of hydrogen-bond donors (Lipinski definition) is 1. The number of benzene rings is 2. The van der Waals surface area contributed by atoms with Gasteiger partial charge in [-0.15, -0.1) is 10.2 Å². The third kappa shape index (κ3) is 5.34. The number of allylic oxidation sites excluding steroid dienone is 1. The lowest BCUT2D eigenvalue weighted by atomic mass is 10.0. The first kappa shape index (κ1) is 22.4. The number of rotatable bonds is 9. The molecule has 0 aliphatic heterocycles. The number of tetrazole rings is 1. The lowest BCUT2D eigenvalue weighted by Gasteiger charge is -2.07. The van der Waals surface area contributed by atoms with Gasteiger partial charge < -0.3 is 0 Å². The van der Waals surface area contributed by atoms with Gasteiger partial charge >= 0.3 is 5.69 Å². The van der Waals surface area contributed by atoms with Crippen LogP contribution < -0.4 is 5.69 Å². The van der Waals surface area contributed by atoms with Gasteiger partial charge in [-0.25, -0.2) is 9.48 Å². The molecule has 2 heterocycles. The topological polar surface area (TPSA) is 94.3 Å². The summed E-state index contributed by atoms with van der Waals surface area (Å²) in [5, 5.41) is 18.8. The smallest absolute Gasteiger partial charge is 0.271 e. The van der Waals surface area contributed by atoms with Crippen LogP contribution in [0.2, 0.25) is 0 Å². The lowest BCUT2D eigenvalue weighted by molar-refractivity contribution is 0.473. The van der Waals surface area contributed by atoms with Gasteiger partial charge in [-0.2, -0.15) is 10.3 Å². The molecular weight excluding hydrogens is 414 g/mol. The summed E-state index contributed by atoms with van der Waals surface area (Å²) < 4.78 is 3.34. The van der Waals surface area contributed by atoms with E-state index in [4.69, 9.17) is 0 Å². The Morgan fingerprint density at radius 2 is 1.85 bits per heavy atom. The Kier molecular flexibility index (Phi) is 6.92. The minimum absolute atomic E-state index is 0.0664. The van der Waals surface area contributed by atoms with Gasteiger partial charge in [0.05, 0.1) is 6.54 Å². The molecule has 0 aliphatic rings. The SMILES string of the molecule is CCC=Cc1nn(CCC(C)C)c(=O)n1Cc1ccc(-c2cccc(-c3nn[nH]n3)c2)cc1. The van der Waals surface area contributed by atoms with Crippen molar-refractivity contribution in [2.24, 2.45) is 5.92 Å². The van der Waals surface area contributed by atoms with E-state index >= 15 is 0 Å². The summed E-state index contributed by atoms with van der Waals surface area (Å²) in [6.07, 6.45) is 5.78. The highest BCUT2D eigenvalue weighted by Crippen LogP contribution is 2.24. The summed E-state index contributed by atoms with van der Waals surface area (Å²) in [5.41, 5.74) is 4.02. The normalized spacial score (nSPS) is 11.6. The summed E-state index contributed by atoms with van der Waals surface area (Å²) in [4.78, 5) is 13.0. The Hall–Kier alpha value is -3.81. The van der Waals surface area contributed by atoms with Gasteiger partial charge in [0.25, 0.3) is 0 Å². The molecule has 0 aliphatic carbocycles. The maximum atomic E-state index is 13.0. The number of nitrogens with zero attached hydrogens (tertiary/aromatic N) is 6. The molecule has 0 saturated heterocycles. The molecule has 0 bridgehead atoms. The first-order chi connectivity index (χ1) is 16.0. The number of aromatic amines is 1. The van der Waals surface area contributed by atoms with Crippen molar-refractivity contribution in [3.05, 3.63) is 76.5 Å². The highest BCUT2D eigenvalue weighted by Gasteiger charge is 2.13. The van der Waals surface area contributed by atoms with Gasteiger partial charge in [-0.05, 0) is 52.8 Å². The second kappa shape index (κ2) is 10.2. The predicted octanol–water partition coefficient (Wildman–Crippen LogP) is 4.41. The van der Waals surface area contributed by atoms with Crippen molar-refractivity contribution in [2.45, 2.75) is 46.7 Å². The molecule has 8 heteroatoms. The van der Waals surface area contributed by atoms with Crippen LogP contribution >= 0.6 is 0 Å². The number of aromatic nitrogens is 7. The standard InChI is InChI=1S/C25H29N7O/c1-4-5-9-23-28-32(15-14-18(2)3)25(33)31(23)17-19-10-12-20(13-11-19)21-7-6-8-22(16-21)24-26-29-30-27-24/h5-13,16,18H,4,14-15,17H2,1-3H3,(H,26,27,29,30). The zero-order valence-corrected chi connectivity index (χ0v) is 19.3. The van der Waals surface area contributed by atoms with Crippen molar-refractivity contribution < 1.29 is 0 Å². The van der Waals surface area contributed by atoms with Gasteiger partial charge in [0, 0.05) is 12.1 Å². The van der Waals surface area contributed by atoms with E-state index in [0.29, 0.717) is 30.7 Å². The summed E-state index contributed by atoms with van der Waals surface area (Å²) in [5.74, 6) is 1.78. The van der Waals surface area contributed by atoms with E-state index in [1.165, 1.54) is 0 Å². The Balaban J connectivity index is 1.57. The molecule has 0 unspecified atom stereocenters. The van der Waals surface area contributed by atoms with Crippen molar-refractivity contribution in [3.8, 4) is 22.5 Å². The minimum Gasteiger partial charge on any atom is -0.271 e. The van der Waals surface area contributed by atoms with E-state index in [-0.39, 0.29) is 5.69 Å². The van der Waals surface area contributed by atoms with Crippen LogP contribution in [0.5, 0.6) is 0 Å². The maximum Gasteiger partial charge on any atom is 0.346 e. The molecule has 1 N–H and O–H groups in total. The Bertz CT molecular complexity index is 1270. The van der Waals surface area contributed by atoms with Crippen molar-refractivity contribution in [2.75, 3.05) is 0 Å². The molecule has 2 aromatic carbocycles. The molecule has 4 rings (SSSR count). The van der Waals surface area contributed by atoms with Crippen LogP contribution in [0.3, 0.4) is 0 Å². The molecule has 8 nitrogen and oxygen atoms in total. The molecule has 4 aromatic rings. The van der Waals surface area contributed by atoms with E-state index in [1.807, 2.05) is 30.4 Å². The van der Waals surface area contributed by atoms with Crippen LogP contribution in [0.4, 0.5) is 0 Å². The van der Waals surface area contributed by atoms with E-state index in [0.717, 1.165) is 35.1 Å². The van der Waals surface area contributed by atoms with Crippen LogP contribution in [-0.4, -0.2) is 35.0 Å². The van der Waals surface area contributed by atoms with Crippen LogP contribution in [0.25, 0.3) is 28.6 Å². The average Bonchev–Trinajstić information content (AvgIpc) is 3.46. The van der Waals surface area contributed by atoms with Crippen LogP contribution in [0.1, 0.15) is 45.0 Å². The molecular formula is C25H29N7O. The Labute approximate surface area is 193 Å². The third-order valence-electron chi connectivity index (χ3n) is 5.47. The summed E-state index contributed by atoms with van der Waals surface area (Å²) >= 11 is 0. The maximum absolute atomic E-state index is 13.0. The van der Waals surface area contributed by atoms with Crippen LogP contribution in [0, 0.1) is 5.92 Å². The van der Waals surface area contributed by atoms with Crippen molar-refractivity contribution >= 4 is 6.08 Å². The van der Waals surface area contributed by atoms with Gasteiger partial charge in [0.15, 0.2) is 5.82 Å². The molecule has 2 aromatic heterocycles. The highest BCUT2D eigenvalue weighted by atomic mass is 16.2. The van der Waals surface area contributed by atoms with E-state index in [1.54, 1.807) is 9.25 Å². The molecule has 0 spiro atoms. The lowest BCUT2D eigenvalue weighted by Crippen LogP contribution is -2.26. The highest BCUT2D eigenvalue weighted by molar-refractivity contribution is 5.70. The number of nitrogens with one attached hydrogen (secondary N) is 1. The number of hydrogen-bond acceptors (Lipinski definition) is 5. The van der Waals surface area contributed by atoms with E-state index < -0.39 is 0 Å².